The Kier molecular flexibility index (Phi) is 1.55. The van der Waals surface area contributed by atoms with Crippen LogP contribution in [0.3, 0.4) is 0 Å². The summed E-state index contributed by atoms with van der Waals surface area (Å²) in [6, 6.07) is 3.25. The monoisotopic (exact) mass is 176 g/mol. The van der Waals surface area contributed by atoms with Crippen LogP contribution in [0.15, 0.2) is 24.5 Å². The fourth-order valence-electron chi connectivity index (χ4n) is 1.30. The molecule has 0 atom stereocenters. The smallest absolute Gasteiger partial charge is 0.339 e. The summed E-state index contributed by atoms with van der Waals surface area (Å²) in [7, 11) is 0. The summed E-state index contributed by atoms with van der Waals surface area (Å²) in [5.41, 5.74) is 1.65. The number of fused-ring (bicyclic) bond motifs is 1. The first-order chi connectivity index (χ1) is 6.20. The Balaban J connectivity index is 2.84. The molecule has 0 spiro atoms. The molecule has 0 unspecified atom stereocenters. The van der Waals surface area contributed by atoms with E-state index in [1.165, 1.54) is 0 Å². The lowest BCUT2D eigenvalue weighted by atomic mass is 10.3. The highest BCUT2D eigenvalue weighted by molar-refractivity contribution is 5.94. The Morgan fingerprint density at radius 1 is 1.62 bits per heavy atom. The van der Waals surface area contributed by atoms with Gasteiger partial charge >= 0.3 is 5.97 Å². The van der Waals surface area contributed by atoms with E-state index in [1.807, 2.05) is 6.92 Å². The minimum atomic E-state index is -0.948. The molecule has 2 aromatic rings. The van der Waals surface area contributed by atoms with Crippen molar-refractivity contribution < 1.29 is 9.90 Å². The average molecular weight is 176 g/mol. The third-order valence-corrected chi connectivity index (χ3v) is 1.95. The van der Waals surface area contributed by atoms with Gasteiger partial charge < -0.3 is 9.51 Å². The van der Waals surface area contributed by atoms with Crippen LogP contribution in [-0.2, 0) is 0 Å². The lowest BCUT2D eigenvalue weighted by molar-refractivity contribution is 0.0698. The van der Waals surface area contributed by atoms with Crippen LogP contribution in [0.1, 0.15) is 16.1 Å². The molecule has 2 heterocycles. The van der Waals surface area contributed by atoms with Gasteiger partial charge in [0, 0.05) is 18.1 Å². The Bertz CT molecular complexity index is 473. The predicted octanol–water partition coefficient (Wildman–Crippen LogP) is 1.34. The minimum Gasteiger partial charge on any atom is -0.478 e. The van der Waals surface area contributed by atoms with E-state index in [0.29, 0.717) is 5.65 Å². The van der Waals surface area contributed by atoms with E-state index in [-0.39, 0.29) is 5.56 Å². The van der Waals surface area contributed by atoms with Crippen molar-refractivity contribution in [2.24, 2.45) is 0 Å². The zero-order valence-corrected chi connectivity index (χ0v) is 7.06. The fourth-order valence-corrected chi connectivity index (χ4v) is 1.30. The first-order valence-electron chi connectivity index (χ1n) is 3.86. The van der Waals surface area contributed by atoms with E-state index in [1.54, 1.807) is 28.9 Å². The molecule has 0 saturated heterocycles. The highest BCUT2D eigenvalue weighted by Crippen LogP contribution is 2.10. The zero-order valence-electron chi connectivity index (χ0n) is 7.06. The zero-order chi connectivity index (χ0) is 9.42. The first-order valence-corrected chi connectivity index (χ1v) is 3.86. The van der Waals surface area contributed by atoms with E-state index in [9.17, 15) is 4.79 Å². The number of aromatic carboxylic acids is 1. The summed E-state index contributed by atoms with van der Waals surface area (Å²) < 4.78 is 1.75. The average Bonchev–Trinajstić information content (AvgIpc) is 2.48. The van der Waals surface area contributed by atoms with Crippen molar-refractivity contribution in [2.45, 2.75) is 6.92 Å². The molecule has 4 nitrogen and oxygen atoms in total. The van der Waals surface area contributed by atoms with Gasteiger partial charge in [0.15, 0.2) is 5.65 Å². The number of hydrogen-bond acceptors (Lipinski definition) is 2. The molecule has 13 heavy (non-hydrogen) atoms. The van der Waals surface area contributed by atoms with Gasteiger partial charge in [-0.1, -0.05) is 0 Å². The molecule has 0 aliphatic rings. The number of pyridine rings is 1. The first kappa shape index (κ1) is 7.79. The summed E-state index contributed by atoms with van der Waals surface area (Å²) in [4.78, 5) is 14.8. The van der Waals surface area contributed by atoms with Crippen LogP contribution in [-0.4, -0.2) is 20.5 Å². The molecule has 66 valence electrons. The number of aryl methyl sites for hydroxylation is 1. The lowest BCUT2D eigenvalue weighted by Crippen LogP contribution is -2.00. The standard InChI is InChI=1S/C9H8N2O2/c1-6-5-10-8-7(9(12)13)3-2-4-11(6)8/h2-5H,1H3,(H,12,13). The van der Waals surface area contributed by atoms with Gasteiger partial charge in [-0.05, 0) is 19.1 Å². The Labute approximate surface area is 74.5 Å². The van der Waals surface area contributed by atoms with Crippen LogP contribution in [0.25, 0.3) is 5.65 Å². The second-order valence-electron chi connectivity index (χ2n) is 2.82. The van der Waals surface area contributed by atoms with Crippen LogP contribution in [0.2, 0.25) is 0 Å². The van der Waals surface area contributed by atoms with Gasteiger partial charge in [0.05, 0.1) is 0 Å². The molecule has 0 aliphatic carbocycles. The number of carbonyl (C=O) groups is 1. The second-order valence-corrected chi connectivity index (χ2v) is 2.82. The van der Waals surface area contributed by atoms with E-state index in [2.05, 4.69) is 4.98 Å². The summed E-state index contributed by atoms with van der Waals surface area (Å²) in [5.74, 6) is -0.948. The maximum Gasteiger partial charge on any atom is 0.339 e. The molecule has 2 rings (SSSR count). The SMILES string of the molecule is Cc1cnc2c(C(=O)O)cccn12. The van der Waals surface area contributed by atoms with Gasteiger partial charge in [-0.25, -0.2) is 9.78 Å². The van der Waals surface area contributed by atoms with Crippen molar-refractivity contribution in [1.82, 2.24) is 9.38 Å². The fraction of sp³-hybridized carbons (Fsp3) is 0.111. The third kappa shape index (κ3) is 1.07. The van der Waals surface area contributed by atoms with E-state index in [4.69, 9.17) is 5.11 Å². The number of rotatable bonds is 1. The van der Waals surface area contributed by atoms with Crippen LogP contribution in [0.4, 0.5) is 0 Å². The maximum absolute atomic E-state index is 10.8. The molecule has 0 radical (unpaired) electrons. The number of nitrogens with zero attached hydrogens (tertiary/aromatic N) is 2. The summed E-state index contributed by atoms with van der Waals surface area (Å²) in [5, 5.41) is 8.84. The van der Waals surface area contributed by atoms with E-state index < -0.39 is 5.97 Å². The van der Waals surface area contributed by atoms with Gasteiger partial charge in [0.2, 0.25) is 0 Å². The van der Waals surface area contributed by atoms with Crippen molar-refractivity contribution >= 4 is 11.6 Å². The van der Waals surface area contributed by atoms with Crippen molar-refractivity contribution in [1.29, 1.82) is 0 Å². The Morgan fingerprint density at radius 3 is 3.08 bits per heavy atom. The lowest BCUT2D eigenvalue weighted by Gasteiger charge is -1.98. The number of hydrogen-bond donors (Lipinski definition) is 1. The molecule has 4 heteroatoms. The van der Waals surface area contributed by atoms with Crippen LogP contribution >= 0.6 is 0 Å². The molecule has 0 aromatic carbocycles. The molecule has 2 aromatic heterocycles. The number of imidazole rings is 1. The van der Waals surface area contributed by atoms with Gasteiger partial charge in [-0.2, -0.15) is 0 Å². The van der Waals surface area contributed by atoms with Gasteiger partial charge in [0.1, 0.15) is 5.56 Å². The van der Waals surface area contributed by atoms with Crippen LogP contribution in [0, 0.1) is 6.92 Å². The highest BCUT2D eigenvalue weighted by Gasteiger charge is 2.09. The number of carboxylic acid groups (broad SMARTS) is 1. The predicted molar refractivity (Wildman–Crippen MR) is 46.9 cm³/mol. The third-order valence-electron chi connectivity index (χ3n) is 1.95. The van der Waals surface area contributed by atoms with Gasteiger partial charge in [0.25, 0.3) is 0 Å². The Hall–Kier alpha value is -1.84. The van der Waals surface area contributed by atoms with Gasteiger partial charge in [-0.15, -0.1) is 0 Å². The minimum absolute atomic E-state index is 0.232. The van der Waals surface area contributed by atoms with Crippen molar-refractivity contribution in [3.63, 3.8) is 0 Å². The van der Waals surface area contributed by atoms with E-state index >= 15 is 0 Å². The summed E-state index contributed by atoms with van der Waals surface area (Å²) in [6.45, 7) is 1.88. The van der Waals surface area contributed by atoms with Crippen molar-refractivity contribution in [3.05, 3.63) is 35.8 Å². The normalized spacial score (nSPS) is 10.5. The molecule has 0 saturated carbocycles. The van der Waals surface area contributed by atoms with Crippen molar-refractivity contribution in [2.75, 3.05) is 0 Å². The number of aromatic nitrogens is 2. The second kappa shape index (κ2) is 2.58. The number of carboxylic acids is 1. The van der Waals surface area contributed by atoms with Crippen LogP contribution in [0.5, 0.6) is 0 Å². The Morgan fingerprint density at radius 2 is 2.38 bits per heavy atom. The molecule has 0 fully saturated rings. The molecular weight excluding hydrogens is 168 g/mol. The topological polar surface area (TPSA) is 54.6 Å². The molecule has 1 N–H and O–H groups in total. The summed E-state index contributed by atoms with van der Waals surface area (Å²) in [6.07, 6.45) is 3.45. The van der Waals surface area contributed by atoms with Crippen LogP contribution < -0.4 is 0 Å². The molecule has 0 aliphatic heterocycles. The van der Waals surface area contributed by atoms with Crippen molar-refractivity contribution in [3.8, 4) is 0 Å². The summed E-state index contributed by atoms with van der Waals surface area (Å²) >= 11 is 0. The quantitative estimate of drug-likeness (QED) is 0.713. The molecule has 0 bridgehead atoms. The van der Waals surface area contributed by atoms with Gasteiger partial charge in [-0.3, -0.25) is 0 Å². The van der Waals surface area contributed by atoms with E-state index in [0.717, 1.165) is 5.69 Å². The largest absolute Gasteiger partial charge is 0.478 e. The highest BCUT2D eigenvalue weighted by atomic mass is 16.4. The molecule has 0 amide bonds. The molecular formula is C9H8N2O2. The maximum atomic E-state index is 10.8.